The van der Waals surface area contributed by atoms with E-state index in [4.69, 9.17) is 26.9 Å². The molecule has 0 radical (unpaired) electrons. The van der Waals surface area contributed by atoms with Crippen molar-refractivity contribution in [3.8, 4) is 11.3 Å². The van der Waals surface area contributed by atoms with Crippen molar-refractivity contribution in [3.63, 3.8) is 0 Å². The molecule has 1 aromatic heterocycles. The average molecular weight is 460 g/mol. The number of amides is 1. The maximum atomic E-state index is 13.1. The number of thiazole rings is 1. The lowest BCUT2D eigenvalue weighted by Crippen LogP contribution is -2.50. The number of nitrogens with zero attached hydrogens (tertiary/aromatic N) is 2. The molecule has 1 aliphatic heterocycles. The zero-order valence-electron chi connectivity index (χ0n) is 17.2. The molecule has 2 aromatic rings. The number of oxime groups is 1. The van der Waals surface area contributed by atoms with Crippen LogP contribution in [0, 0.1) is 16.7 Å². The van der Waals surface area contributed by atoms with Crippen molar-refractivity contribution in [3.05, 3.63) is 39.7 Å². The van der Waals surface area contributed by atoms with Crippen molar-refractivity contribution >= 4 is 40.5 Å². The van der Waals surface area contributed by atoms with Crippen molar-refractivity contribution in [2.75, 3.05) is 6.61 Å². The predicted octanol–water partition coefficient (Wildman–Crippen LogP) is 3.79. The molecule has 2 aliphatic carbocycles. The summed E-state index contributed by atoms with van der Waals surface area (Å²) in [5.41, 5.74) is 5.45. The quantitative estimate of drug-likeness (QED) is 0.416. The Morgan fingerprint density at radius 1 is 1.32 bits per heavy atom. The summed E-state index contributed by atoms with van der Waals surface area (Å²) < 4.78 is 6.03. The number of hydrogen-bond donors (Lipinski definition) is 1. The molecule has 3 aliphatic rings. The second-order valence-corrected chi connectivity index (χ2v) is 10.3. The van der Waals surface area contributed by atoms with E-state index in [1.165, 1.54) is 11.3 Å². The highest BCUT2D eigenvalue weighted by molar-refractivity contribution is 7.13. The maximum absolute atomic E-state index is 13.1. The molecule has 7 nitrogen and oxygen atoms in total. The molecule has 2 heterocycles. The second kappa shape index (κ2) is 6.85. The van der Waals surface area contributed by atoms with Gasteiger partial charge < -0.3 is 15.3 Å². The molecule has 2 N–H and O–H groups in total. The van der Waals surface area contributed by atoms with Crippen LogP contribution in [0.15, 0.2) is 34.8 Å². The Balaban J connectivity index is 1.40. The van der Waals surface area contributed by atoms with E-state index >= 15 is 0 Å². The Morgan fingerprint density at radius 2 is 2.06 bits per heavy atom. The summed E-state index contributed by atoms with van der Waals surface area (Å²) >= 11 is 7.13. The summed E-state index contributed by atoms with van der Waals surface area (Å²) in [5.74, 6) is -0.952. The minimum Gasteiger partial charge on any atom is -0.364 e. The number of nitrogens with two attached hydrogens (primary N) is 1. The minimum absolute atomic E-state index is 0.0367. The van der Waals surface area contributed by atoms with Crippen molar-refractivity contribution < 1.29 is 19.2 Å². The van der Waals surface area contributed by atoms with E-state index in [9.17, 15) is 9.59 Å². The lowest BCUT2D eigenvalue weighted by atomic mass is 9.66. The van der Waals surface area contributed by atoms with Gasteiger partial charge in [0, 0.05) is 26.8 Å². The van der Waals surface area contributed by atoms with Crippen LogP contribution < -0.4 is 5.73 Å². The van der Waals surface area contributed by atoms with E-state index < -0.39 is 17.5 Å². The third-order valence-corrected chi connectivity index (χ3v) is 8.93. The molecular weight excluding hydrogens is 438 g/mol. The predicted molar refractivity (Wildman–Crippen MR) is 117 cm³/mol. The van der Waals surface area contributed by atoms with Crippen molar-refractivity contribution in [2.24, 2.45) is 27.6 Å². The minimum atomic E-state index is -1.02. The van der Waals surface area contributed by atoms with Crippen LogP contribution in [-0.2, 0) is 19.2 Å². The summed E-state index contributed by atoms with van der Waals surface area (Å²) in [6, 6.07) is 7.16. The van der Waals surface area contributed by atoms with Crippen molar-refractivity contribution in [2.45, 2.75) is 38.7 Å². The van der Waals surface area contributed by atoms with Crippen LogP contribution in [0.1, 0.15) is 38.1 Å². The molecule has 4 bridgehead atoms. The number of rotatable bonds is 5. The molecule has 4 unspecified atom stereocenters. The first-order chi connectivity index (χ1) is 14.7. The van der Waals surface area contributed by atoms with Gasteiger partial charge >= 0.3 is 5.97 Å². The van der Waals surface area contributed by atoms with Crippen molar-refractivity contribution in [1.82, 2.24) is 4.98 Å². The van der Waals surface area contributed by atoms with Gasteiger partial charge in [-0.3, -0.25) is 4.79 Å². The molecular formula is C22H22ClN3O4S. The molecule has 4 atom stereocenters. The zero-order valence-corrected chi connectivity index (χ0v) is 18.8. The molecule has 5 rings (SSSR count). The number of aromatic nitrogens is 1. The van der Waals surface area contributed by atoms with Gasteiger partial charge in [-0.15, -0.1) is 11.3 Å². The van der Waals surface area contributed by atoms with Gasteiger partial charge in [0.15, 0.2) is 10.6 Å². The van der Waals surface area contributed by atoms with E-state index in [1.807, 2.05) is 12.1 Å². The normalized spacial score (nSPS) is 33.6. The van der Waals surface area contributed by atoms with Gasteiger partial charge in [0.05, 0.1) is 12.3 Å². The number of halogens is 1. The number of ether oxygens (including phenoxy) is 1. The van der Waals surface area contributed by atoms with Gasteiger partial charge in [-0.05, 0) is 37.3 Å². The first kappa shape index (κ1) is 20.6. The van der Waals surface area contributed by atoms with E-state index in [0.717, 1.165) is 18.4 Å². The molecule has 1 amide bonds. The summed E-state index contributed by atoms with van der Waals surface area (Å²) in [4.78, 5) is 34.9. The van der Waals surface area contributed by atoms with Crippen molar-refractivity contribution in [1.29, 1.82) is 0 Å². The monoisotopic (exact) mass is 459 g/mol. The van der Waals surface area contributed by atoms with E-state index in [0.29, 0.717) is 29.7 Å². The van der Waals surface area contributed by atoms with Gasteiger partial charge in [-0.1, -0.05) is 42.7 Å². The Hall–Kier alpha value is -2.29. The van der Waals surface area contributed by atoms with Gasteiger partial charge in [0.1, 0.15) is 0 Å². The van der Waals surface area contributed by atoms with Crippen LogP contribution in [0.5, 0.6) is 0 Å². The first-order valence-corrected chi connectivity index (χ1v) is 11.4. The highest BCUT2D eigenvalue weighted by Crippen LogP contribution is 2.75. The van der Waals surface area contributed by atoms with Crippen LogP contribution in [0.25, 0.3) is 11.3 Å². The van der Waals surface area contributed by atoms with E-state index in [-0.39, 0.29) is 21.5 Å². The lowest BCUT2D eigenvalue weighted by molar-refractivity contribution is -0.181. The Labute approximate surface area is 188 Å². The SMILES string of the molecule is CC12COC3(C(=O)ON=C(C(N)=O)c4nc(-c5ccc(Cl)cc5)cs4)CC1CCC32C. The number of carbonyl (C=O) groups excluding carboxylic acids is 2. The molecule has 31 heavy (non-hydrogen) atoms. The van der Waals surface area contributed by atoms with Crippen LogP contribution in [0.3, 0.4) is 0 Å². The number of benzene rings is 1. The Kier molecular flexibility index (Phi) is 4.55. The van der Waals surface area contributed by atoms with Crippen LogP contribution in [0.4, 0.5) is 0 Å². The molecule has 9 heteroatoms. The number of hydrogen-bond acceptors (Lipinski definition) is 7. The fourth-order valence-electron chi connectivity index (χ4n) is 5.70. The fraction of sp³-hybridized carbons (Fsp3) is 0.455. The molecule has 162 valence electrons. The zero-order chi connectivity index (χ0) is 22.0. The average Bonchev–Trinajstić information content (AvgIpc) is 3.42. The van der Waals surface area contributed by atoms with Gasteiger partial charge in [-0.25, -0.2) is 9.78 Å². The standard InChI is InChI=1S/C22H22ClN3O4S/c1-20-11-29-22(9-13(20)7-8-21(20,22)2)19(28)30-26-16(17(24)27)18-25-15(10-31-18)12-3-5-14(23)6-4-12/h3-6,10,13H,7-9,11H2,1-2H3,(H2,24,27). The summed E-state index contributed by atoms with van der Waals surface area (Å²) in [7, 11) is 0. The Bertz CT molecular complexity index is 1120. The maximum Gasteiger partial charge on any atom is 0.367 e. The molecule has 2 saturated carbocycles. The third-order valence-electron chi connectivity index (χ3n) is 7.83. The fourth-order valence-corrected chi connectivity index (χ4v) is 6.64. The van der Waals surface area contributed by atoms with Crippen LogP contribution in [0.2, 0.25) is 5.02 Å². The molecule has 0 spiro atoms. The highest BCUT2D eigenvalue weighted by Gasteiger charge is 2.79. The second-order valence-electron chi connectivity index (χ2n) is 9.03. The summed E-state index contributed by atoms with van der Waals surface area (Å²) in [6.45, 7) is 4.83. The molecule has 3 fully saturated rings. The lowest BCUT2D eigenvalue weighted by Gasteiger charge is -2.38. The highest BCUT2D eigenvalue weighted by atomic mass is 35.5. The third kappa shape index (κ3) is 2.74. The van der Waals surface area contributed by atoms with Gasteiger partial charge in [0.2, 0.25) is 5.71 Å². The topological polar surface area (TPSA) is 104 Å². The smallest absolute Gasteiger partial charge is 0.364 e. The van der Waals surface area contributed by atoms with Gasteiger partial charge in [-0.2, -0.15) is 0 Å². The van der Waals surface area contributed by atoms with Crippen LogP contribution in [-0.4, -0.2) is 34.8 Å². The molecule has 1 saturated heterocycles. The van der Waals surface area contributed by atoms with E-state index in [1.54, 1.807) is 17.5 Å². The summed E-state index contributed by atoms with van der Waals surface area (Å²) in [5, 5.41) is 6.52. The van der Waals surface area contributed by atoms with Crippen LogP contribution >= 0.6 is 22.9 Å². The van der Waals surface area contributed by atoms with Gasteiger partial charge in [0.25, 0.3) is 5.91 Å². The largest absolute Gasteiger partial charge is 0.367 e. The first-order valence-electron chi connectivity index (χ1n) is 10.2. The number of carbonyl (C=O) groups is 2. The summed E-state index contributed by atoms with van der Waals surface area (Å²) in [6.07, 6.45) is 2.62. The van der Waals surface area contributed by atoms with E-state index in [2.05, 4.69) is 24.0 Å². The molecule has 1 aromatic carbocycles. The Morgan fingerprint density at radius 3 is 2.71 bits per heavy atom. The number of primary amides is 1.